The van der Waals surface area contributed by atoms with Crippen molar-refractivity contribution in [3.05, 3.63) is 35.6 Å². The van der Waals surface area contributed by atoms with Crippen LogP contribution in [0.4, 0.5) is 4.39 Å². The number of hydrogen-bond donors (Lipinski definition) is 2. The monoisotopic (exact) mass is 490 g/mol. The molecule has 1 aromatic carbocycles. The Morgan fingerprint density at radius 3 is 2.70 bits per heavy atom. The molecule has 0 spiro atoms. The molecule has 2 rings (SSSR count). The molecular weight excluding hydrogens is 458 g/mol. The van der Waals surface area contributed by atoms with E-state index in [4.69, 9.17) is 0 Å². The van der Waals surface area contributed by atoms with Crippen LogP contribution < -0.4 is 10.6 Å². The number of carbonyl (C=O) groups excluding carboxylic acids is 1. The number of halogens is 2. The predicted octanol–water partition coefficient (Wildman–Crippen LogP) is 3.19. The molecule has 2 atom stereocenters. The Hall–Kier alpha value is -1.38. The Bertz CT molecular complexity index is 624. The van der Waals surface area contributed by atoms with Gasteiger partial charge in [0.25, 0.3) is 0 Å². The standard InChI is InChI=1S/C20H31FN4O.HI/c1-15-7-4-5-10-18(15)24-20(23-14-19(26)25(2)3)22-12-11-16-8-6-9-17(21)13-16;/h6,8-9,13,15,18H,4-5,7,10-12,14H2,1-3H3,(H2,22,23,24);1H. The number of benzene rings is 1. The lowest BCUT2D eigenvalue weighted by molar-refractivity contribution is -0.127. The summed E-state index contributed by atoms with van der Waals surface area (Å²) >= 11 is 0. The summed E-state index contributed by atoms with van der Waals surface area (Å²) in [5.74, 6) is 0.994. The van der Waals surface area contributed by atoms with Crippen LogP contribution in [0.5, 0.6) is 0 Å². The van der Waals surface area contributed by atoms with Crippen LogP contribution >= 0.6 is 24.0 Å². The van der Waals surface area contributed by atoms with Crippen LogP contribution in [0, 0.1) is 11.7 Å². The van der Waals surface area contributed by atoms with E-state index in [2.05, 4.69) is 22.5 Å². The van der Waals surface area contributed by atoms with Gasteiger partial charge >= 0.3 is 0 Å². The van der Waals surface area contributed by atoms with Crippen molar-refractivity contribution in [3.8, 4) is 0 Å². The molecule has 1 aromatic rings. The molecule has 152 valence electrons. The van der Waals surface area contributed by atoms with Gasteiger partial charge < -0.3 is 15.5 Å². The third kappa shape index (κ3) is 8.45. The Kier molecular flexibility index (Phi) is 10.6. The molecule has 0 saturated heterocycles. The number of nitrogens with one attached hydrogen (secondary N) is 2. The first-order chi connectivity index (χ1) is 12.5. The summed E-state index contributed by atoms with van der Waals surface area (Å²) in [6.07, 6.45) is 5.52. The molecule has 27 heavy (non-hydrogen) atoms. The second kappa shape index (κ2) is 12.2. The van der Waals surface area contributed by atoms with Gasteiger partial charge in [-0.3, -0.25) is 4.79 Å². The number of hydrogen-bond acceptors (Lipinski definition) is 2. The normalized spacial score (nSPS) is 19.8. The van der Waals surface area contributed by atoms with Crippen LogP contribution in [0.15, 0.2) is 29.3 Å². The zero-order chi connectivity index (χ0) is 18.9. The summed E-state index contributed by atoms with van der Waals surface area (Å²) in [5.41, 5.74) is 0.937. The highest BCUT2D eigenvalue weighted by Gasteiger charge is 2.22. The summed E-state index contributed by atoms with van der Waals surface area (Å²) in [4.78, 5) is 17.8. The quantitative estimate of drug-likeness (QED) is 0.366. The van der Waals surface area contributed by atoms with E-state index >= 15 is 0 Å². The fraction of sp³-hybridized carbons (Fsp3) is 0.600. The van der Waals surface area contributed by atoms with E-state index in [-0.39, 0.29) is 42.2 Å². The zero-order valence-corrected chi connectivity index (χ0v) is 18.8. The Morgan fingerprint density at radius 1 is 1.30 bits per heavy atom. The maximum atomic E-state index is 13.3. The first-order valence-corrected chi connectivity index (χ1v) is 9.45. The highest BCUT2D eigenvalue weighted by Crippen LogP contribution is 2.23. The minimum atomic E-state index is -0.220. The molecule has 1 amide bonds. The average molecular weight is 490 g/mol. The molecule has 0 bridgehead atoms. The van der Waals surface area contributed by atoms with E-state index in [1.807, 2.05) is 6.07 Å². The second-order valence-corrected chi connectivity index (χ2v) is 7.27. The van der Waals surface area contributed by atoms with Crippen molar-refractivity contribution in [2.24, 2.45) is 10.9 Å². The molecule has 7 heteroatoms. The fourth-order valence-electron chi connectivity index (χ4n) is 3.16. The van der Waals surface area contributed by atoms with Gasteiger partial charge in [-0.1, -0.05) is 31.9 Å². The second-order valence-electron chi connectivity index (χ2n) is 7.27. The highest BCUT2D eigenvalue weighted by molar-refractivity contribution is 14.0. The first-order valence-electron chi connectivity index (χ1n) is 9.45. The maximum Gasteiger partial charge on any atom is 0.243 e. The Morgan fingerprint density at radius 2 is 2.04 bits per heavy atom. The van der Waals surface area contributed by atoms with Crippen molar-refractivity contribution in [2.75, 3.05) is 27.2 Å². The first kappa shape index (κ1) is 23.7. The van der Waals surface area contributed by atoms with Gasteiger partial charge in [-0.05, 0) is 42.9 Å². The average Bonchev–Trinajstić information content (AvgIpc) is 2.61. The van der Waals surface area contributed by atoms with Crippen LogP contribution in [0.25, 0.3) is 0 Å². The van der Waals surface area contributed by atoms with Gasteiger partial charge in [0.2, 0.25) is 5.91 Å². The lowest BCUT2D eigenvalue weighted by Crippen LogP contribution is -2.48. The molecule has 1 saturated carbocycles. The van der Waals surface area contributed by atoms with Gasteiger partial charge in [0.05, 0.1) is 0 Å². The lowest BCUT2D eigenvalue weighted by Gasteiger charge is -2.31. The molecule has 0 aromatic heterocycles. The molecule has 1 fully saturated rings. The number of guanidine groups is 1. The van der Waals surface area contributed by atoms with Crippen molar-refractivity contribution in [2.45, 2.75) is 45.1 Å². The summed E-state index contributed by atoms with van der Waals surface area (Å²) in [6, 6.07) is 7.00. The minimum absolute atomic E-state index is 0. The fourth-order valence-corrected chi connectivity index (χ4v) is 3.16. The summed E-state index contributed by atoms with van der Waals surface area (Å²) in [7, 11) is 3.46. The highest BCUT2D eigenvalue weighted by atomic mass is 127. The minimum Gasteiger partial charge on any atom is -0.356 e. The lowest BCUT2D eigenvalue weighted by atomic mass is 9.86. The Labute approximate surface area is 179 Å². The number of rotatable bonds is 6. The molecule has 1 aliphatic rings. The van der Waals surface area contributed by atoms with Crippen molar-refractivity contribution in [1.82, 2.24) is 15.5 Å². The topological polar surface area (TPSA) is 56.7 Å². The van der Waals surface area contributed by atoms with Crippen molar-refractivity contribution >= 4 is 35.8 Å². The SMILES string of the molecule is CC1CCCCC1NC(=NCC(=O)N(C)C)NCCc1cccc(F)c1.I. The van der Waals surface area contributed by atoms with Gasteiger partial charge in [0, 0.05) is 26.7 Å². The number of carbonyl (C=O) groups is 1. The van der Waals surface area contributed by atoms with Crippen LogP contribution in [0.3, 0.4) is 0 Å². The van der Waals surface area contributed by atoms with Gasteiger partial charge in [-0.25, -0.2) is 9.38 Å². The third-order valence-electron chi connectivity index (χ3n) is 4.90. The Balaban J connectivity index is 0.00000364. The number of nitrogens with zero attached hydrogens (tertiary/aromatic N) is 2. The largest absolute Gasteiger partial charge is 0.356 e. The van der Waals surface area contributed by atoms with E-state index in [0.29, 0.717) is 30.9 Å². The summed E-state index contributed by atoms with van der Waals surface area (Å²) in [5, 5.41) is 6.79. The van der Waals surface area contributed by atoms with E-state index in [1.165, 1.54) is 30.2 Å². The number of aliphatic imine (C=N–C) groups is 1. The van der Waals surface area contributed by atoms with Crippen LogP contribution in [-0.2, 0) is 11.2 Å². The number of amides is 1. The van der Waals surface area contributed by atoms with Crippen molar-refractivity contribution in [1.29, 1.82) is 0 Å². The molecule has 5 nitrogen and oxygen atoms in total. The molecule has 0 heterocycles. The molecule has 0 radical (unpaired) electrons. The van der Waals surface area contributed by atoms with Gasteiger partial charge in [-0.15, -0.1) is 24.0 Å². The van der Waals surface area contributed by atoms with Crippen LogP contribution in [-0.4, -0.2) is 50.0 Å². The van der Waals surface area contributed by atoms with Gasteiger partial charge in [0.1, 0.15) is 12.4 Å². The molecule has 2 unspecified atom stereocenters. The zero-order valence-electron chi connectivity index (χ0n) is 16.5. The molecule has 2 N–H and O–H groups in total. The summed E-state index contributed by atoms with van der Waals surface area (Å²) in [6.45, 7) is 3.00. The molecular formula is C20H32FIN4O. The predicted molar refractivity (Wildman–Crippen MR) is 119 cm³/mol. The van der Waals surface area contributed by atoms with Gasteiger partial charge in [-0.2, -0.15) is 0 Å². The van der Waals surface area contributed by atoms with Crippen LogP contribution in [0.1, 0.15) is 38.2 Å². The van der Waals surface area contributed by atoms with E-state index in [9.17, 15) is 9.18 Å². The van der Waals surface area contributed by atoms with E-state index in [0.717, 1.165) is 12.0 Å². The molecule has 0 aliphatic heterocycles. The maximum absolute atomic E-state index is 13.3. The third-order valence-corrected chi connectivity index (χ3v) is 4.90. The van der Waals surface area contributed by atoms with Crippen molar-refractivity contribution < 1.29 is 9.18 Å². The molecule has 1 aliphatic carbocycles. The van der Waals surface area contributed by atoms with E-state index in [1.54, 1.807) is 26.2 Å². The van der Waals surface area contributed by atoms with Crippen LogP contribution in [0.2, 0.25) is 0 Å². The smallest absolute Gasteiger partial charge is 0.243 e. The summed E-state index contributed by atoms with van der Waals surface area (Å²) < 4.78 is 13.3. The van der Waals surface area contributed by atoms with Gasteiger partial charge in [0.15, 0.2) is 5.96 Å². The number of likely N-dealkylation sites (N-methyl/N-ethyl adjacent to an activating group) is 1. The van der Waals surface area contributed by atoms with E-state index < -0.39 is 0 Å². The van der Waals surface area contributed by atoms with Crippen molar-refractivity contribution in [3.63, 3.8) is 0 Å².